The number of amides is 2. The molecule has 0 spiro atoms. The predicted octanol–water partition coefficient (Wildman–Crippen LogP) is -2.33. The topological polar surface area (TPSA) is 105 Å². The largest absolute Gasteiger partial charge is 0.382 e. The van der Waals surface area contributed by atoms with E-state index in [2.05, 4.69) is 5.32 Å². The fourth-order valence-electron chi connectivity index (χ4n) is 1.53. The van der Waals surface area contributed by atoms with Crippen molar-refractivity contribution >= 4 is 11.8 Å². The molecule has 7 nitrogen and oxygen atoms in total. The van der Waals surface area contributed by atoms with E-state index in [0.717, 1.165) is 0 Å². The van der Waals surface area contributed by atoms with Crippen LogP contribution in [0.1, 0.15) is 6.92 Å². The van der Waals surface area contributed by atoms with Gasteiger partial charge in [-0.15, -0.1) is 0 Å². The minimum absolute atomic E-state index is 0.0212. The van der Waals surface area contributed by atoms with Crippen LogP contribution in [0.25, 0.3) is 0 Å². The third kappa shape index (κ3) is 4.29. The van der Waals surface area contributed by atoms with E-state index in [9.17, 15) is 14.7 Å². The summed E-state index contributed by atoms with van der Waals surface area (Å²) >= 11 is 0. The highest BCUT2D eigenvalue weighted by molar-refractivity contribution is 5.82. The molecule has 0 aromatic rings. The van der Waals surface area contributed by atoms with Gasteiger partial charge in [0.1, 0.15) is 6.10 Å². The predicted molar refractivity (Wildman–Crippen MR) is 60.1 cm³/mol. The van der Waals surface area contributed by atoms with Crippen LogP contribution in [-0.2, 0) is 14.3 Å². The van der Waals surface area contributed by atoms with E-state index in [0.29, 0.717) is 26.3 Å². The van der Waals surface area contributed by atoms with E-state index in [1.54, 1.807) is 11.8 Å². The van der Waals surface area contributed by atoms with Crippen molar-refractivity contribution in [3.8, 4) is 0 Å². The summed E-state index contributed by atoms with van der Waals surface area (Å²) in [6, 6.07) is -0.456. The lowest BCUT2D eigenvalue weighted by atomic mass is 10.2. The Morgan fingerprint density at radius 1 is 1.47 bits per heavy atom. The highest BCUT2D eigenvalue weighted by Crippen LogP contribution is 2.00. The zero-order valence-corrected chi connectivity index (χ0v) is 9.89. The van der Waals surface area contributed by atoms with Crippen LogP contribution in [0.3, 0.4) is 0 Å². The first-order valence-electron chi connectivity index (χ1n) is 5.59. The summed E-state index contributed by atoms with van der Waals surface area (Å²) in [4.78, 5) is 24.2. The number of aliphatic hydroxyl groups excluding tert-OH is 1. The van der Waals surface area contributed by atoms with Gasteiger partial charge in [-0.1, -0.05) is 0 Å². The highest BCUT2D eigenvalue weighted by atomic mass is 16.5. The molecule has 17 heavy (non-hydrogen) atoms. The fraction of sp³-hybridized carbons (Fsp3) is 0.800. The molecule has 1 aliphatic rings. The zero-order chi connectivity index (χ0) is 12.8. The Balaban J connectivity index is 2.33. The first-order valence-corrected chi connectivity index (χ1v) is 5.59. The molecular formula is C10H19N3O4. The van der Waals surface area contributed by atoms with Crippen LogP contribution in [0.5, 0.6) is 0 Å². The average molecular weight is 245 g/mol. The lowest BCUT2D eigenvalue weighted by molar-refractivity contribution is -0.137. The van der Waals surface area contributed by atoms with Gasteiger partial charge in [0.2, 0.25) is 11.8 Å². The lowest BCUT2D eigenvalue weighted by Gasteiger charge is -2.29. The highest BCUT2D eigenvalue weighted by Gasteiger charge is 2.23. The number of hydrogen-bond donors (Lipinski definition) is 3. The molecule has 0 aliphatic carbocycles. The minimum Gasteiger partial charge on any atom is -0.382 e. The number of carbonyl (C=O) groups is 2. The Hall–Kier alpha value is -1.18. The second-order valence-corrected chi connectivity index (χ2v) is 3.99. The number of morpholine rings is 1. The summed E-state index contributed by atoms with van der Waals surface area (Å²) < 4.78 is 5.14. The molecule has 98 valence electrons. The number of carbonyl (C=O) groups excluding carboxylic acids is 2. The van der Waals surface area contributed by atoms with Crippen molar-refractivity contribution in [1.82, 2.24) is 10.2 Å². The van der Waals surface area contributed by atoms with E-state index in [1.165, 1.54) is 0 Å². The maximum absolute atomic E-state index is 11.9. The second kappa shape index (κ2) is 6.53. The van der Waals surface area contributed by atoms with Gasteiger partial charge < -0.3 is 25.8 Å². The Kier molecular flexibility index (Phi) is 5.33. The quantitative estimate of drug-likeness (QED) is 0.504. The maximum atomic E-state index is 11.9. The Bertz CT molecular complexity index is 279. The number of aliphatic hydroxyl groups is 1. The molecule has 0 radical (unpaired) electrons. The SMILES string of the molecule is CC(NCC(O)C(N)=O)C(=O)N1CCOCC1. The molecule has 1 heterocycles. The maximum Gasteiger partial charge on any atom is 0.247 e. The monoisotopic (exact) mass is 245 g/mol. The van der Waals surface area contributed by atoms with Crippen LogP contribution in [0.4, 0.5) is 0 Å². The smallest absolute Gasteiger partial charge is 0.247 e. The zero-order valence-electron chi connectivity index (χ0n) is 9.89. The molecule has 0 aromatic heterocycles. The van der Waals surface area contributed by atoms with Gasteiger partial charge in [-0.2, -0.15) is 0 Å². The minimum atomic E-state index is -1.27. The summed E-state index contributed by atoms with van der Waals surface area (Å²) in [6.07, 6.45) is -1.27. The first kappa shape index (κ1) is 13.9. The van der Waals surface area contributed by atoms with E-state index in [-0.39, 0.29) is 12.5 Å². The molecular weight excluding hydrogens is 226 g/mol. The summed E-state index contributed by atoms with van der Waals surface area (Å²) in [5.74, 6) is -0.867. The van der Waals surface area contributed by atoms with Gasteiger partial charge in [0.05, 0.1) is 19.3 Å². The molecule has 2 unspecified atom stereocenters. The molecule has 7 heteroatoms. The normalized spacial score (nSPS) is 19.8. The molecule has 4 N–H and O–H groups in total. The lowest BCUT2D eigenvalue weighted by Crippen LogP contribution is -2.51. The standard InChI is InChI=1S/C10H19N3O4/c1-7(12-6-8(14)9(11)15)10(16)13-2-4-17-5-3-13/h7-8,12,14H,2-6H2,1H3,(H2,11,15). The molecule has 1 saturated heterocycles. The van der Waals surface area contributed by atoms with Crippen LogP contribution in [0, 0.1) is 0 Å². The van der Waals surface area contributed by atoms with Gasteiger partial charge in [0, 0.05) is 19.6 Å². The Labute approximate surface area is 99.9 Å². The summed E-state index contributed by atoms with van der Waals surface area (Å²) in [7, 11) is 0. The van der Waals surface area contributed by atoms with Gasteiger partial charge in [0.15, 0.2) is 0 Å². The van der Waals surface area contributed by atoms with E-state index in [4.69, 9.17) is 10.5 Å². The van der Waals surface area contributed by atoms with Crippen LogP contribution < -0.4 is 11.1 Å². The van der Waals surface area contributed by atoms with E-state index < -0.39 is 18.1 Å². The van der Waals surface area contributed by atoms with Gasteiger partial charge in [0.25, 0.3) is 0 Å². The van der Waals surface area contributed by atoms with E-state index >= 15 is 0 Å². The van der Waals surface area contributed by atoms with Gasteiger partial charge in [-0.05, 0) is 6.92 Å². The van der Waals surface area contributed by atoms with Crippen molar-refractivity contribution in [2.45, 2.75) is 19.1 Å². The van der Waals surface area contributed by atoms with Crippen LogP contribution in [0.2, 0.25) is 0 Å². The van der Waals surface area contributed by atoms with Crippen molar-refractivity contribution < 1.29 is 19.4 Å². The third-order valence-corrected chi connectivity index (χ3v) is 2.64. The number of nitrogens with two attached hydrogens (primary N) is 1. The molecule has 0 saturated carbocycles. The number of nitrogens with zero attached hydrogens (tertiary/aromatic N) is 1. The van der Waals surface area contributed by atoms with Crippen molar-refractivity contribution in [2.24, 2.45) is 5.73 Å². The molecule has 0 aromatic carbocycles. The van der Waals surface area contributed by atoms with Crippen molar-refractivity contribution in [2.75, 3.05) is 32.8 Å². The Morgan fingerprint density at radius 2 is 2.06 bits per heavy atom. The van der Waals surface area contributed by atoms with Crippen LogP contribution in [-0.4, -0.2) is 66.8 Å². The molecule has 2 atom stereocenters. The second-order valence-electron chi connectivity index (χ2n) is 3.99. The number of nitrogens with one attached hydrogen (secondary N) is 1. The van der Waals surface area contributed by atoms with Crippen LogP contribution in [0.15, 0.2) is 0 Å². The third-order valence-electron chi connectivity index (χ3n) is 2.64. The molecule has 0 bridgehead atoms. The number of ether oxygens (including phenoxy) is 1. The molecule has 1 rings (SSSR count). The molecule has 2 amide bonds. The Morgan fingerprint density at radius 3 is 2.59 bits per heavy atom. The van der Waals surface area contributed by atoms with Gasteiger partial charge >= 0.3 is 0 Å². The fourth-order valence-corrected chi connectivity index (χ4v) is 1.53. The molecule has 1 fully saturated rings. The summed E-state index contributed by atoms with van der Waals surface area (Å²) in [5.41, 5.74) is 4.90. The van der Waals surface area contributed by atoms with E-state index in [1.807, 2.05) is 0 Å². The molecule has 1 aliphatic heterocycles. The number of hydrogen-bond acceptors (Lipinski definition) is 5. The number of primary amides is 1. The van der Waals surface area contributed by atoms with Gasteiger partial charge in [-0.3, -0.25) is 9.59 Å². The van der Waals surface area contributed by atoms with Crippen molar-refractivity contribution in [3.63, 3.8) is 0 Å². The van der Waals surface area contributed by atoms with Crippen molar-refractivity contribution in [3.05, 3.63) is 0 Å². The number of rotatable bonds is 5. The average Bonchev–Trinajstić information content (AvgIpc) is 2.35. The van der Waals surface area contributed by atoms with Gasteiger partial charge in [-0.25, -0.2) is 0 Å². The first-order chi connectivity index (χ1) is 8.02. The van der Waals surface area contributed by atoms with Crippen molar-refractivity contribution in [1.29, 1.82) is 0 Å². The summed E-state index contributed by atoms with van der Waals surface area (Å²) in [5, 5.41) is 12.0. The van der Waals surface area contributed by atoms with Crippen LogP contribution >= 0.6 is 0 Å². The summed E-state index contributed by atoms with van der Waals surface area (Å²) in [6.45, 7) is 3.90.